The molecule has 0 saturated heterocycles. The zero-order valence-electron chi connectivity index (χ0n) is 14.9. The van der Waals surface area contributed by atoms with Gasteiger partial charge in [-0.15, -0.1) is 10.2 Å². The molecular formula is C19H16ClFN2O4S. The van der Waals surface area contributed by atoms with Crippen molar-refractivity contribution in [2.75, 3.05) is 19.5 Å². The molecule has 28 heavy (non-hydrogen) atoms. The number of benzene rings is 2. The molecule has 0 atom stereocenters. The zero-order valence-corrected chi connectivity index (χ0v) is 16.4. The lowest BCUT2D eigenvalue weighted by atomic mass is 10.1. The number of ether oxygens (including phenoxy) is 2. The summed E-state index contributed by atoms with van der Waals surface area (Å²) in [4.78, 5) is 11.5. The van der Waals surface area contributed by atoms with Gasteiger partial charge in [-0.2, -0.15) is 0 Å². The van der Waals surface area contributed by atoms with Crippen LogP contribution < -0.4 is 4.74 Å². The summed E-state index contributed by atoms with van der Waals surface area (Å²) in [5.41, 5.74) is 0.735. The minimum Gasteiger partial charge on any atom is -0.493 e. The van der Waals surface area contributed by atoms with Crippen LogP contribution in [0.15, 0.2) is 52.1 Å². The lowest BCUT2D eigenvalue weighted by molar-refractivity contribution is 0.0600. The summed E-state index contributed by atoms with van der Waals surface area (Å²) >= 11 is 7.32. The second-order valence-corrected chi connectivity index (χ2v) is 7.01. The van der Waals surface area contributed by atoms with Gasteiger partial charge in [-0.1, -0.05) is 35.5 Å². The van der Waals surface area contributed by atoms with Crippen LogP contribution in [0.4, 0.5) is 4.39 Å². The van der Waals surface area contributed by atoms with Gasteiger partial charge in [0.25, 0.3) is 5.22 Å². The number of rotatable bonds is 8. The fourth-order valence-corrected chi connectivity index (χ4v) is 3.16. The predicted molar refractivity (Wildman–Crippen MR) is 103 cm³/mol. The highest BCUT2D eigenvalue weighted by molar-refractivity contribution is 7.99. The number of thioether (sulfide) groups is 1. The highest BCUT2D eigenvalue weighted by Gasteiger charge is 2.13. The number of carbonyl (C=O) groups is 1. The third-order valence-electron chi connectivity index (χ3n) is 3.67. The third-order valence-corrected chi connectivity index (χ3v) is 4.81. The van der Waals surface area contributed by atoms with Gasteiger partial charge in [0.1, 0.15) is 11.6 Å². The van der Waals surface area contributed by atoms with Crippen LogP contribution in [0, 0.1) is 5.82 Å². The maximum Gasteiger partial charge on any atom is 0.337 e. The molecule has 0 amide bonds. The first kappa shape index (κ1) is 20.2. The van der Waals surface area contributed by atoms with Crippen LogP contribution in [-0.4, -0.2) is 35.6 Å². The van der Waals surface area contributed by atoms with E-state index in [0.29, 0.717) is 39.5 Å². The number of nitrogens with zero attached hydrogens (tertiary/aromatic N) is 2. The van der Waals surface area contributed by atoms with Crippen LogP contribution in [0.25, 0.3) is 0 Å². The Morgan fingerprint density at radius 1 is 1.25 bits per heavy atom. The molecule has 0 aliphatic carbocycles. The maximum atomic E-state index is 13.8. The Hall–Kier alpha value is -2.58. The fraction of sp³-hybridized carbons (Fsp3) is 0.211. The summed E-state index contributed by atoms with van der Waals surface area (Å²) in [6.07, 6.45) is 0.121. The normalized spacial score (nSPS) is 10.7. The van der Waals surface area contributed by atoms with Crippen LogP contribution in [0.1, 0.15) is 21.8 Å². The van der Waals surface area contributed by atoms with Crippen LogP contribution >= 0.6 is 23.4 Å². The molecule has 0 N–H and O–H groups in total. The van der Waals surface area contributed by atoms with Crippen molar-refractivity contribution >= 4 is 29.3 Å². The van der Waals surface area contributed by atoms with Crippen molar-refractivity contribution in [2.24, 2.45) is 0 Å². The van der Waals surface area contributed by atoms with Gasteiger partial charge in [0.05, 0.1) is 25.7 Å². The van der Waals surface area contributed by atoms with Crippen molar-refractivity contribution in [3.8, 4) is 5.75 Å². The van der Waals surface area contributed by atoms with Gasteiger partial charge < -0.3 is 13.9 Å². The second-order valence-electron chi connectivity index (χ2n) is 5.56. The maximum absolute atomic E-state index is 13.8. The van der Waals surface area contributed by atoms with Crippen molar-refractivity contribution in [1.82, 2.24) is 10.2 Å². The Labute approximate surface area is 170 Å². The smallest absolute Gasteiger partial charge is 0.337 e. The molecule has 0 unspecified atom stereocenters. The van der Waals surface area contributed by atoms with Crippen molar-refractivity contribution in [2.45, 2.75) is 11.6 Å². The van der Waals surface area contributed by atoms with E-state index >= 15 is 0 Å². The molecule has 6 nitrogen and oxygen atoms in total. The topological polar surface area (TPSA) is 74.5 Å². The number of esters is 1. The summed E-state index contributed by atoms with van der Waals surface area (Å²) in [6, 6.07) is 11.2. The molecule has 2 aromatic carbocycles. The standard InChI is InChI=1S/C19H16ClFN2O4S/c1-25-18(24)12-4-2-5-13(10-12)26-8-9-28-19-23-22-17(27-19)11-14-15(20)6-3-7-16(14)21/h2-7,10H,8-9,11H2,1H3. The van der Waals surface area contributed by atoms with E-state index in [1.54, 1.807) is 30.3 Å². The summed E-state index contributed by atoms with van der Waals surface area (Å²) in [5, 5.41) is 8.52. The van der Waals surface area contributed by atoms with E-state index < -0.39 is 11.8 Å². The molecule has 0 aliphatic heterocycles. The molecule has 0 saturated carbocycles. The molecular weight excluding hydrogens is 407 g/mol. The quantitative estimate of drug-likeness (QED) is 0.302. The van der Waals surface area contributed by atoms with Gasteiger partial charge >= 0.3 is 5.97 Å². The Morgan fingerprint density at radius 3 is 2.86 bits per heavy atom. The Balaban J connectivity index is 1.49. The van der Waals surface area contributed by atoms with Crippen molar-refractivity contribution in [3.63, 3.8) is 0 Å². The van der Waals surface area contributed by atoms with E-state index in [9.17, 15) is 9.18 Å². The molecule has 9 heteroatoms. The highest BCUT2D eigenvalue weighted by Crippen LogP contribution is 2.24. The van der Waals surface area contributed by atoms with Crippen LogP contribution in [0.5, 0.6) is 5.75 Å². The van der Waals surface area contributed by atoms with Gasteiger partial charge in [-0.25, -0.2) is 9.18 Å². The first-order valence-corrected chi connectivity index (χ1v) is 9.62. The van der Waals surface area contributed by atoms with Gasteiger partial charge in [-0.05, 0) is 30.3 Å². The third kappa shape index (κ3) is 5.24. The van der Waals surface area contributed by atoms with Crippen LogP contribution in [-0.2, 0) is 11.2 Å². The number of aromatic nitrogens is 2. The molecule has 0 aliphatic rings. The first-order valence-electron chi connectivity index (χ1n) is 8.26. The lowest BCUT2D eigenvalue weighted by Crippen LogP contribution is -2.03. The van der Waals surface area contributed by atoms with E-state index in [1.165, 1.54) is 31.0 Å². The number of carbonyl (C=O) groups excluding carboxylic acids is 1. The number of halogens is 2. The van der Waals surface area contributed by atoms with E-state index in [1.807, 2.05) is 0 Å². The molecule has 0 fully saturated rings. The minimum absolute atomic E-state index is 0.121. The van der Waals surface area contributed by atoms with E-state index in [0.717, 1.165) is 0 Å². The monoisotopic (exact) mass is 422 g/mol. The fourth-order valence-electron chi connectivity index (χ4n) is 2.34. The van der Waals surface area contributed by atoms with Gasteiger partial charge in [0, 0.05) is 16.3 Å². The summed E-state index contributed by atoms with van der Waals surface area (Å²) in [5.74, 6) is 0.547. The van der Waals surface area contributed by atoms with Crippen molar-refractivity contribution in [1.29, 1.82) is 0 Å². The zero-order chi connectivity index (χ0) is 19.9. The molecule has 0 radical (unpaired) electrons. The summed E-state index contributed by atoms with van der Waals surface area (Å²) < 4.78 is 29.6. The molecule has 3 aromatic rings. The van der Waals surface area contributed by atoms with Crippen LogP contribution in [0.2, 0.25) is 5.02 Å². The summed E-state index contributed by atoms with van der Waals surface area (Å²) in [7, 11) is 1.32. The molecule has 0 bridgehead atoms. The van der Waals surface area contributed by atoms with Crippen molar-refractivity contribution < 1.29 is 23.1 Å². The van der Waals surface area contributed by atoms with Crippen LogP contribution in [0.3, 0.4) is 0 Å². The molecule has 146 valence electrons. The Bertz CT molecular complexity index is 946. The van der Waals surface area contributed by atoms with E-state index in [4.69, 9.17) is 20.8 Å². The second kappa shape index (κ2) is 9.57. The van der Waals surface area contributed by atoms with E-state index in [2.05, 4.69) is 14.9 Å². The highest BCUT2D eigenvalue weighted by atomic mass is 35.5. The van der Waals surface area contributed by atoms with Gasteiger partial charge in [0.15, 0.2) is 0 Å². The largest absolute Gasteiger partial charge is 0.493 e. The first-order chi connectivity index (χ1) is 13.6. The number of hydrogen-bond donors (Lipinski definition) is 0. The van der Waals surface area contributed by atoms with Gasteiger partial charge in [-0.3, -0.25) is 0 Å². The van der Waals surface area contributed by atoms with Crippen molar-refractivity contribution in [3.05, 3.63) is 70.3 Å². The predicted octanol–water partition coefficient (Wildman–Crippen LogP) is 4.41. The number of methoxy groups -OCH3 is 1. The molecule has 0 spiro atoms. The number of hydrogen-bond acceptors (Lipinski definition) is 7. The van der Waals surface area contributed by atoms with Gasteiger partial charge in [0.2, 0.25) is 5.89 Å². The minimum atomic E-state index is -0.423. The Morgan fingerprint density at radius 2 is 2.07 bits per heavy atom. The molecule has 1 aromatic heterocycles. The Kier molecular flexibility index (Phi) is 6.89. The lowest BCUT2D eigenvalue weighted by Gasteiger charge is -2.06. The summed E-state index contributed by atoms with van der Waals surface area (Å²) in [6.45, 7) is 0.367. The SMILES string of the molecule is COC(=O)c1cccc(OCCSc2nnc(Cc3c(F)cccc3Cl)o2)c1. The molecule has 3 rings (SSSR count). The average Bonchev–Trinajstić information content (AvgIpc) is 3.15. The van der Waals surface area contributed by atoms with E-state index in [-0.39, 0.29) is 12.3 Å². The average molecular weight is 423 g/mol. The molecule has 1 heterocycles.